The third-order valence-corrected chi connectivity index (χ3v) is 4.65. The molecular formula is C27H22O8. The van der Waals surface area contributed by atoms with Crippen LogP contribution in [0.4, 0.5) is 0 Å². The molecule has 1 aromatic heterocycles. The summed E-state index contributed by atoms with van der Waals surface area (Å²) in [5.74, 6) is -1.93. The van der Waals surface area contributed by atoms with Gasteiger partial charge in [-0.1, -0.05) is 31.9 Å². The number of hydrogen-bond donors (Lipinski definition) is 0. The van der Waals surface area contributed by atoms with Crippen molar-refractivity contribution >= 4 is 28.9 Å². The van der Waals surface area contributed by atoms with Gasteiger partial charge in [0.2, 0.25) is 5.43 Å². The Morgan fingerprint density at radius 3 is 1.80 bits per heavy atom. The first-order valence-electron chi connectivity index (χ1n) is 10.3. The summed E-state index contributed by atoms with van der Waals surface area (Å²) in [6.07, 6.45) is 1.22. The van der Waals surface area contributed by atoms with Crippen molar-refractivity contribution in [3.8, 4) is 28.4 Å². The van der Waals surface area contributed by atoms with E-state index in [-0.39, 0.29) is 50.5 Å². The third-order valence-electron chi connectivity index (χ3n) is 4.65. The summed E-state index contributed by atoms with van der Waals surface area (Å²) in [5.41, 5.74) is 0.661. The molecule has 3 aromatic rings. The number of esters is 3. The average Bonchev–Trinajstić information content (AvgIpc) is 2.80. The van der Waals surface area contributed by atoms with Gasteiger partial charge >= 0.3 is 17.9 Å². The summed E-state index contributed by atoms with van der Waals surface area (Å²) < 4.78 is 21.4. The lowest BCUT2D eigenvalue weighted by molar-refractivity contribution is -0.131. The quantitative estimate of drug-likeness (QED) is 0.270. The molecule has 3 rings (SSSR count). The van der Waals surface area contributed by atoms with Crippen LogP contribution in [0, 0.1) is 0 Å². The molecule has 0 radical (unpaired) electrons. The van der Waals surface area contributed by atoms with E-state index < -0.39 is 23.3 Å². The van der Waals surface area contributed by atoms with Gasteiger partial charge in [-0.05, 0) is 44.5 Å². The van der Waals surface area contributed by atoms with Crippen LogP contribution in [-0.4, -0.2) is 17.9 Å². The highest BCUT2D eigenvalue weighted by molar-refractivity contribution is 5.95. The summed E-state index contributed by atoms with van der Waals surface area (Å²) in [7, 11) is 0. The van der Waals surface area contributed by atoms with Crippen LogP contribution in [0.2, 0.25) is 0 Å². The molecule has 178 valence electrons. The van der Waals surface area contributed by atoms with Crippen molar-refractivity contribution < 1.29 is 33.0 Å². The molecule has 1 heterocycles. The third kappa shape index (κ3) is 5.62. The second kappa shape index (κ2) is 10.0. The average molecular weight is 474 g/mol. The predicted molar refractivity (Wildman–Crippen MR) is 129 cm³/mol. The maximum absolute atomic E-state index is 13.4. The SMILES string of the molecule is C=C(C)C(=O)Oc1ccc(-c2coc3c(OC(=O)C(=C)C)cc(OC(=O)C(=C)C)cc3c2=O)cc1. The molecule has 0 amide bonds. The van der Waals surface area contributed by atoms with Gasteiger partial charge in [0.1, 0.15) is 17.8 Å². The molecule has 2 aromatic carbocycles. The molecule has 0 N–H and O–H groups in total. The van der Waals surface area contributed by atoms with Crippen molar-refractivity contribution in [2.24, 2.45) is 0 Å². The van der Waals surface area contributed by atoms with Crippen LogP contribution < -0.4 is 19.6 Å². The van der Waals surface area contributed by atoms with Crippen molar-refractivity contribution in [1.29, 1.82) is 0 Å². The first-order valence-corrected chi connectivity index (χ1v) is 10.3. The Morgan fingerprint density at radius 1 is 0.743 bits per heavy atom. The Balaban J connectivity index is 2.10. The number of fused-ring (bicyclic) bond motifs is 1. The molecular weight excluding hydrogens is 452 g/mol. The van der Waals surface area contributed by atoms with Crippen LogP contribution in [0.1, 0.15) is 20.8 Å². The monoisotopic (exact) mass is 474 g/mol. The Labute approximate surface area is 200 Å². The highest BCUT2D eigenvalue weighted by Gasteiger charge is 2.19. The number of rotatable bonds is 7. The van der Waals surface area contributed by atoms with E-state index in [1.165, 1.54) is 51.3 Å². The Bertz CT molecular complexity index is 1460. The lowest BCUT2D eigenvalue weighted by Gasteiger charge is -2.11. The Morgan fingerprint density at radius 2 is 1.26 bits per heavy atom. The molecule has 0 fully saturated rings. The van der Waals surface area contributed by atoms with Crippen LogP contribution in [0.15, 0.2) is 88.3 Å². The minimum Gasteiger partial charge on any atom is -0.459 e. The number of carbonyl (C=O) groups excluding carboxylic acids is 3. The Hall–Kier alpha value is -4.72. The zero-order chi connectivity index (χ0) is 25.9. The fourth-order valence-corrected chi connectivity index (χ4v) is 2.80. The van der Waals surface area contributed by atoms with E-state index in [9.17, 15) is 19.2 Å². The van der Waals surface area contributed by atoms with Gasteiger partial charge in [0, 0.05) is 22.8 Å². The second-order valence-corrected chi connectivity index (χ2v) is 7.81. The lowest BCUT2D eigenvalue weighted by Crippen LogP contribution is -2.12. The molecule has 8 heteroatoms. The van der Waals surface area contributed by atoms with Gasteiger partial charge in [0.25, 0.3) is 0 Å². The molecule has 0 aliphatic carbocycles. The van der Waals surface area contributed by atoms with Crippen LogP contribution in [0.5, 0.6) is 17.2 Å². The molecule has 0 atom stereocenters. The van der Waals surface area contributed by atoms with E-state index in [0.29, 0.717) is 5.56 Å². The van der Waals surface area contributed by atoms with Gasteiger partial charge in [-0.15, -0.1) is 0 Å². The summed E-state index contributed by atoms with van der Waals surface area (Å²) in [6, 6.07) is 8.76. The molecule has 35 heavy (non-hydrogen) atoms. The molecule has 0 unspecified atom stereocenters. The highest BCUT2D eigenvalue weighted by Crippen LogP contribution is 2.32. The van der Waals surface area contributed by atoms with Crippen molar-refractivity contribution in [3.05, 3.63) is 89.3 Å². The molecule has 8 nitrogen and oxygen atoms in total. The first kappa shape index (κ1) is 24.9. The fourth-order valence-electron chi connectivity index (χ4n) is 2.80. The van der Waals surface area contributed by atoms with Crippen molar-refractivity contribution in [1.82, 2.24) is 0 Å². The lowest BCUT2D eigenvalue weighted by atomic mass is 10.0. The van der Waals surface area contributed by atoms with Crippen molar-refractivity contribution in [3.63, 3.8) is 0 Å². The van der Waals surface area contributed by atoms with Gasteiger partial charge in [0.05, 0.1) is 10.9 Å². The molecule has 0 saturated heterocycles. The summed E-state index contributed by atoms with van der Waals surface area (Å²) in [4.78, 5) is 49.2. The van der Waals surface area contributed by atoms with Gasteiger partial charge in [0.15, 0.2) is 11.3 Å². The van der Waals surface area contributed by atoms with Crippen molar-refractivity contribution in [2.45, 2.75) is 20.8 Å². The van der Waals surface area contributed by atoms with E-state index in [1.807, 2.05) is 0 Å². The number of carbonyl (C=O) groups is 3. The van der Waals surface area contributed by atoms with Crippen LogP contribution in [0.25, 0.3) is 22.1 Å². The second-order valence-electron chi connectivity index (χ2n) is 7.81. The highest BCUT2D eigenvalue weighted by atomic mass is 16.6. The van der Waals surface area contributed by atoms with Crippen molar-refractivity contribution in [2.75, 3.05) is 0 Å². The minimum atomic E-state index is -0.749. The molecule has 0 saturated carbocycles. The van der Waals surface area contributed by atoms with E-state index in [1.54, 1.807) is 12.1 Å². The molecule has 0 bridgehead atoms. The standard InChI is InChI=1S/C27H22O8/c1-14(2)25(29)33-18-9-7-17(8-10-18)21-13-32-24-20(23(21)28)11-19(34-26(30)15(3)4)12-22(24)35-27(31)16(5)6/h7-13H,1,3,5H2,2,4,6H3. The number of ether oxygens (including phenoxy) is 3. The maximum atomic E-state index is 13.4. The van der Waals surface area contributed by atoms with Crippen LogP contribution >= 0.6 is 0 Å². The topological polar surface area (TPSA) is 109 Å². The van der Waals surface area contributed by atoms with E-state index in [4.69, 9.17) is 18.6 Å². The van der Waals surface area contributed by atoms with Gasteiger partial charge in [-0.2, -0.15) is 0 Å². The fraction of sp³-hybridized carbons (Fsp3) is 0.111. The van der Waals surface area contributed by atoms with Crippen LogP contribution in [0.3, 0.4) is 0 Å². The van der Waals surface area contributed by atoms with E-state index in [0.717, 1.165) is 0 Å². The Kier molecular flexibility index (Phi) is 7.15. The normalized spacial score (nSPS) is 10.4. The largest absolute Gasteiger partial charge is 0.459 e. The first-order chi connectivity index (χ1) is 16.5. The molecule has 0 spiro atoms. The van der Waals surface area contributed by atoms with E-state index >= 15 is 0 Å². The minimum absolute atomic E-state index is 0.0109. The summed E-state index contributed by atoms with van der Waals surface area (Å²) in [5, 5.41) is 0.0109. The zero-order valence-corrected chi connectivity index (χ0v) is 19.4. The predicted octanol–water partition coefficient (Wildman–Crippen LogP) is 4.90. The number of benzene rings is 2. The van der Waals surface area contributed by atoms with Gasteiger partial charge in [-0.3, -0.25) is 4.79 Å². The molecule has 0 aliphatic rings. The number of hydrogen-bond acceptors (Lipinski definition) is 8. The zero-order valence-electron chi connectivity index (χ0n) is 19.4. The van der Waals surface area contributed by atoms with Gasteiger partial charge in [-0.25, -0.2) is 14.4 Å². The summed E-state index contributed by atoms with van der Waals surface area (Å²) >= 11 is 0. The molecule has 0 aliphatic heterocycles. The van der Waals surface area contributed by atoms with E-state index in [2.05, 4.69) is 19.7 Å². The summed E-state index contributed by atoms with van der Waals surface area (Å²) in [6.45, 7) is 15.0. The maximum Gasteiger partial charge on any atom is 0.338 e. The van der Waals surface area contributed by atoms with Gasteiger partial charge < -0.3 is 18.6 Å². The van der Waals surface area contributed by atoms with Crippen LogP contribution in [-0.2, 0) is 14.4 Å². The smallest absolute Gasteiger partial charge is 0.338 e.